The number of aliphatic hydroxyl groups excluding tert-OH is 2. The number of nitrogens with one attached hydrogen (secondary N) is 1. The van der Waals surface area contributed by atoms with Crippen molar-refractivity contribution in [3.63, 3.8) is 0 Å². The predicted octanol–water partition coefficient (Wildman–Crippen LogP) is 6.47. The fourth-order valence-electron chi connectivity index (χ4n) is 5.27. The van der Waals surface area contributed by atoms with Crippen LogP contribution in [0.5, 0.6) is 0 Å². The molecule has 60 heavy (non-hydrogen) atoms. The lowest BCUT2D eigenvalue weighted by atomic mass is 9.98. The number of ether oxygens (including phenoxy) is 3. The van der Waals surface area contributed by atoms with Gasteiger partial charge < -0.3 is 34.3 Å². The molecule has 5 atom stereocenters. The van der Waals surface area contributed by atoms with Gasteiger partial charge in [0.05, 0.1) is 35.0 Å². The van der Waals surface area contributed by atoms with Crippen molar-refractivity contribution < 1.29 is 66.0 Å². The molecular weight excluding hydrogens is 873 g/mol. The highest BCUT2D eigenvalue weighted by Crippen LogP contribution is 2.64. The molecule has 0 saturated heterocycles. The Hall–Kier alpha value is -3.29. The SMILES string of the molecule is CC(C)(C)C(=O)OCOP(=O)(CP(=O)(OCOC(=O)C(C)(C)C)OC[C@H]1C[C@@H](n2nnc3c(NCc4ccccc4Cl)nc(Cl)nc32)[C@H](O)[C@@H]1O)OCOC(=O)C(C)(C)C. The third kappa shape index (κ3) is 13.4. The molecule has 1 aliphatic carbocycles. The molecule has 0 amide bonds. The summed E-state index contributed by atoms with van der Waals surface area (Å²) in [4.78, 5) is 45.9. The minimum Gasteiger partial charge on any atom is -0.438 e. The Bertz CT molecular complexity index is 2070. The Morgan fingerprint density at radius 3 is 1.78 bits per heavy atom. The molecule has 2 aromatic heterocycles. The maximum atomic E-state index is 14.5. The minimum atomic E-state index is -4.76. The number of benzene rings is 1. The topological polar surface area (TPSA) is 259 Å². The highest BCUT2D eigenvalue weighted by molar-refractivity contribution is 7.71. The molecule has 2 heterocycles. The number of esters is 3. The number of hydrogen-bond donors (Lipinski definition) is 3. The molecule has 1 aliphatic rings. The predicted molar refractivity (Wildman–Crippen MR) is 217 cm³/mol. The van der Waals surface area contributed by atoms with Gasteiger partial charge >= 0.3 is 33.1 Å². The number of aliphatic hydroxyl groups is 2. The second-order valence-electron chi connectivity index (χ2n) is 17.0. The van der Waals surface area contributed by atoms with E-state index in [1.807, 2.05) is 12.1 Å². The second-order valence-corrected chi connectivity index (χ2v) is 22.3. The average Bonchev–Trinajstić information content (AvgIpc) is 3.68. The maximum absolute atomic E-state index is 14.5. The normalized spacial score (nSPS) is 19.8. The summed E-state index contributed by atoms with van der Waals surface area (Å²) in [5.74, 6) is -4.13. The van der Waals surface area contributed by atoms with E-state index in [9.17, 15) is 33.7 Å². The zero-order valence-corrected chi connectivity index (χ0v) is 38.0. The lowest BCUT2D eigenvalue weighted by molar-refractivity contribution is -0.162. The monoisotopic (exact) mass is 924 g/mol. The van der Waals surface area contributed by atoms with Crippen LogP contribution in [0, 0.1) is 22.2 Å². The Morgan fingerprint density at radius 1 is 0.783 bits per heavy atom. The van der Waals surface area contributed by atoms with E-state index in [0.29, 0.717) is 5.02 Å². The van der Waals surface area contributed by atoms with Gasteiger partial charge in [-0.3, -0.25) is 37.1 Å². The van der Waals surface area contributed by atoms with Crippen molar-refractivity contribution in [3.05, 3.63) is 40.1 Å². The first-order valence-corrected chi connectivity index (χ1v) is 22.8. The van der Waals surface area contributed by atoms with Gasteiger partial charge in [0.2, 0.25) is 25.7 Å². The molecule has 1 aromatic carbocycles. The summed E-state index contributed by atoms with van der Waals surface area (Å²) >= 11 is 12.6. The number of fused-ring (bicyclic) bond motifs is 1. The standard InChI is InChI=1S/C36H52Cl2N6O14P2/c1-34(2,3)30(47)52-17-56-59(50,20-60(51,57-18-53-31(48)35(4,5)6)58-19-54-32(49)36(7,8)9)55-16-22-14-24(27(46)26(22)45)44-29-25(42-43-44)28(40-33(38)41-29)39-15-21-12-10-11-13-23(21)37/h10-13,22,24,26-27,45-46H,14-20H2,1-9H3,(H,39,40,41)/t22-,24-,26-,27+,59?/m1/s1. The first-order chi connectivity index (χ1) is 27.7. The average molecular weight is 926 g/mol. The molecule has 20 nitrogen and oxygen atoms in total. The van der Waals surface area contributed by atoms with Crippen LogP contribution in [0.1, 0.15) is 80.3 Å². The van der Waals surface area contributed by atoms with Crippen LogP contribution in [-0.4, -0.2) is 98.2 Å². The lowest BCUT2D eigenvalue weighted by Crippen LogP contribution is -2.31. The van der Waals surface area contributed by atoms with Gasteiger partial charge in [-0.25, -0.2) is 4.68 Å². The van der Waals surface area contributed by atoms with Crippen molar-refractivity contribution in [3.8, 4) is 0 Å². The summed E-state index contributed by atoms with van der Waals surface area (Å²) in [7, 11) is -9.51. The number of carbonyl (C=O) groups is 3. The second kappa shape index (κ2) is 19.8. The van der Waals surface area contributed by atoms with Gasteiger partial charge in [0.15, 0.2) is 22.9 Å². The molecule has 1 unspecified atom stereocenters. The van der Waals surface area contributed by atoms with Crippen LogP contribution < -0.4 is 5.32 Å². The molecule has 4 rings (SSSR count). The van der Waals surface area contributed by atoms with Crippen molar-refractivity contribution >= 4 is 73.3 Å². The smallest absolute Gasteiger partial charge is 0.348 e. The molecule has 334 valence electrons. The number of halogens is 2. The van der Waals surface area contributed by atoms with Gasteiger partial charge in [-0.05, 0) is 92.0 Å². The van der Waals surface area contributed by atoms with Crippen LogP contribution in [0.2, 0.25) is 10.3 Å². The highest BCUT2D eigenvalue weighted by Gasteiger charge is 2.47. The molecule has 0 aliphatic heterocycles. The molecule has 1 saturated carbocycles. The van der Waals surface area contributed by atoms with Gasteiger partial charge in [0, 0.05) is 17.5 Å². The number of rotatable bonds is 18. The summed E-state index contributed by atoms with van der Waals surface area (Å²) in [5, 5.41) is 34.3. The van der Waals surface area contributed by atoms with E-state index in [1.54, 1.807) is 74.4 Å². The number of carbonyl (C=O) groups excluding carboxylic acids is 3. The molecule has 1 fully saturated rings. The molecule has 0 radical (unpaired) electrons. The van der Waals surface area contributed by atoms with E-state index < -0.39 is 106 Å². The van der Waals surface area contributed by atoms with Crippen LogP contribution in [0.25, 0.3) is 11.2 Å². The van der Waals surface area contributed by atoms with Crippen molar-refractivity contribution in [2.75, 3.05) is 38.2 Å². The highest BCUT2D eigenvalue weighted by atomic mass is 35.5. The minimum absolute atomic E-state index is 0.0556. The zero-order valence-electron chi connectivity index (χ0n) is 34.7. The first-order valence-electron chi connectivity index (χ1n) is 18.6. The Balaban J connectivity index is 1.57. The summed E-state index contributed by atoms with van der Waals surface area (Å²) in [6.45, 7) is 10.9. The molecule has 3 aromatic rings. The fourth-order valence-corrected chi connectivity index (χ4v) is 9.84. The van der Waals surface area contributed by atoms with Gasteiger partial charge in [-0.2, -0.15) is 9.97 Å². The largest absolute Gasteiger partial charge is 0.438 e. The van der Waals surface area contributed by atoms with Crippen molar-refractivity contribution in [2.24, 2.45) is 22.2 Å². The Kier molecular flexibility index (Phi) is 16.3. The van der Waals surface area contributed by atoms with Crippen LogP contribution in [-0.2, 0) is 62.4 Å². The van der Waals surface area contributed by atoms with E-state index in [4.69, 9.17) is 55.5 Å². The summed E-state index contributed by atoms with van der Waals surface area (Å²) in [6.07, 6.45) is -3.05. The van der Waals surface area contributed by atoms with E-state index in [-0.39, 0.29) is 35.2 Å². The van der Waals surface area contributed by atoms with Crippen LogP contribution in [0.15, 0.2) is 24.3 Å². The van der Waals surface area contributed by atoms with Crippen LogP contribution >= 0.6 is 38.4 Å². The molecule has 0 bridgehead atoms. The summed E-state index contributed by atoms with van der Waals surface area (Å²) < 4.78 is 67.1. The Morgan fingerprint density at radius 2 is 1.28 bits per heavy atom. The van der Waals surface area contributed by atoms with Crippen molar-refractivity contribution in [1.82, 2.24) is 25.0 Å². The fraction of sp³-hybridized carbons (Fsp3) is 0.639. The van der Waals surface area contributed by atoms with Crippen molar-refractivity contribution in [1.29, 1.82) is 0 Å². The van der Waals surface area contributed by atoms with Gasteiger partial charge in [-0.1, -0.05) is 35.0 Å². The van der Waals surface area contributed by atoms with Crippen molar-refractivity contribution in [2.45, 2.75) is 93.5 Å². The first kappa shape index (κ1) is 49.4. The third-order valence-corrected chi connectivity index (χ3v) is 14.1. The summed E-state index contributed by atoms with van der Waals surface area (Å²) in [6, 6.07) is 6.20. The van der Waals surface area contributed by atoms with Crippen LogP contribution in [0.4, 0.5) is 5.82 Å². The van der Waals surface area contributed by atoms with E-state index in [0.717, 1.165) is 5.56 Å². The number of aromatic nitrogens is 5. The third-order valence-electron chi connectivity index (χ3n) is 8.77. The van der Waals surface area contributed by atoms with E-state index in [2.05, 4.69) is 25.6 Å². The quantitative estimate of drug-likeness (QED) is 0.0406. The lowest BCUT2D eigenvalue weighted by Gasteiger charge is -2.26. The Labute approximate surface area is 357 Å². The van der Waals surface area contributed by atoms with Gasteiger partial charge in [0.1, 0.15) is 6.10 Å². The van der Waals surface area contributed by atoms with E-state index >= 15 is 0 Å². The summed E-state index contributed by atoms with van der Waals surface area (Å²) in [5.41, 5.74) is -1.86. The molecule has 3 N–H and O–H groups in total. The zero-order chi connectivity index (χ0) is 44.8. The number of nitrogens with zero attached hydrogens (tertiary/aromatic N) is 5. The van der Waals surface area contributed by atoms with Crippen LogP contribution in [0.3, 0.4) is 0 Å². The van der Waals surface area contributed by atoms with Gasteiger partial charge in [-0.15, -0.1) is 5.10 Å². The number of hydrogen-bond acceptors (Lipinski definition) is 19. The van der Waals surface area contributed by atoms with Gasteiger partial charge in [0.25, 0.3) is 0 Å². The molecule has 24 heteroatoms. The molecular formula is C36H52Cl2N6O14P2. The molecule has 0 spiro atoms. The number of anilines is 1. The van der Waals surface area contributed by atoms with E-state index in [1.165, 1.54) is 4.68 Å². The maximum Gasteiger partial charge on any atom is 0.348 e.